The predicted octanol–water partition coefficient (Wildman–Crippen LogP) is 3.19. The molecule has 0 radical (unpaired) electrons. The highest BCUT2D eigenvalue weighted by molar-refractivity contribution is 5.99. The Hall–Kier alpha value is -2.47. The summed E-state index contributed by atoms with van der Waals surface area (Å²) < 4.78 is 70.1. The van der Waals surface area contributed by atoms with E-state index in [1.807, 2.05) is 5.32 Å². The molecule has 2 N–H and O–H groups in total. The number of carbonyl (C=O) groups excluding carboxylic acids is 4. The summed E-state index contributed by atoms with van der Waals surface area (Å²) in [7, 11) is 0. The molecule has 0 saturated carbocycles. The number of nitrogens with one attached hydrogen (secondary N) is 2. The van der Waals surface area contributed by atoms with Crippen molar-refractivity contribution in [3.63, 3.8) is 0 Å². The minimum atomic E-state index is -6.13. The van der Waals surface area contributed by atoms with E-state index in [0.29, 0.717) is 6.42 Å². The number of Topliss-reactive ketones (excluding diaryl/α,β-unsaturated/α-hetero) is 1. The summed E-state index contributed by atoms with van der Waals surface area (Å²) in [5, 5.41) is 4.38. The van der Waals surface area contributed by atoms with Crippen molar-refractivity contribution in [1.29, 1.82) is 0 Å². The van der Waals surface area contributed by atoms with Gasteiger partial charge in [-0.3, -0.25) is 14.4 Å². The van der Waals surface area contributed by atoms with Crippen LogP contribution in [0.4, 0.5) is 26.7 Å². The third-order valence-corrected chi connectivity index (χ3v) is 5.09. The third kappa shape index (κ3) is 7.02. The Kier molecular flexibility index (Phi) is 8.72. The maximum absolute atomic E-state index is 13.5. The van der Waals surface area contributed by atoms with Gasteiger partial charge < -0.3 is 20.3 Å². The van der Waals surface area contributed by atoms with Gasteiger partial charge in [0.1, 0.15) is 17.7 Å². The highest BCUT2D eigenvalue weighted by Crippen LogP contribution is 2.38. The van der Waals surface area contributed by atoms with E-state index in [-0.39, 0.29) is 13.0 Å². The average Bonchev–Trinajstić information content (AvgIpc) is 3.11. The number of alkyl halides is 5. The van der Waals surface area contributed by atoms with Crippen LogP contribution in [0.15, 0.2) is 0 Å². The first-order valence-corrected chi connectivity index (χ1v) is 10.7. The van der Waals surface area contributed by atoms with Gasteiger partial charge in [0.25, 0.3) is 0 Å². The Labute approximate surface area is 194 Å². The SMILES string of the molecule is CC(C)[C@H](NC(=O)OC(C)(C)C)C(=O)N1CCC[C@H]1C(=O)NC(C)(C)C(=O)C(F)(F)C(F)(F)F. The summed E-state index contributed by atoms with van der Waals surface area (Å²) in [5.41, 5.74) is -3.40. The van der Waals surface area contributed by atoms with Crippen molar-refractivity contribution in [2.45, 2.75) is 96.6 Å². The van der Waals surface area contributed by atoms with Crippen molar-refractivity contribution in [2.24, 2.45) is 5.92 Å². The lowest BCUT2D eigenvalue weighted by atomic mass is 9.93. The van der Waals surface area contributed by atoms with Gasteiger partial charge >= 0.3 is 18.2 Å². The number of hydrogen-bond donors (Lipinski definition) is 2. The van der Waals surface area contributed by atoms with Crippen LogP contribution in [0.5, 0.6) is 0 Å². The Morgan fingerprint density at radius 2 is 1.50 bits per heavy atom. The highest BCUT2D eigenvalue weighted by atomic mass is 19.4. The predicted molar refractivity (Wildman–Crippen MR) is 111 cm³/mol. The molecule has 0 aliphatic carbocycles. The average molecular weight is 501 g/mol. The van der Waals surface area contributed by atoms with Gasteiger partial charge in [-0.2, -0.15) is 22.0 Å². The molecule has 0 aromatic heterocycles. The summed E-state index contributed by atoms with van der Waals surface area (Å²) in [4.78, 5) is 51.1. The molecule has 0 aromatic carbocycles. The second-order valence-electron chi connectivity index (χ2n) is 10.1. The lowest BCUT2D eigenvalue weighted by Crippen LogP contribution is -2.63. The Balaban J connectivity index is 3.03. The number of halogens is 5. The number of likely N-dealkylation sites (tertiary alicyclic amines) is 1. The van der Waals surface area contributed by atoms with Crippen LogP contribution in [0.1, 0.15) is 61.3 Å². The van der Waals surface area contributed by atoms with E-state index >= 15 is 0 Å². The van der Waals surface area contributed by atoms with Crippen LogP contribution in [-0.4, -0.2) is 70.5 Å². The van der Waals surface area contributed by atoms with Crippen LogP contribution in [0.3, 0.4) is 0 Å². The fourth-order valence-electron chi connectivity index (χ4n) is 3.40. The van der Waals surface area contributed by atoms with E-state index in [1.165, 1.54) is 0 Å². The van der Waals surface area contributed by atoms with Gasteiger partial charge in [0.2, 0.25) is 17.6 Å². The van der Waals surface area contributed by atoms with Gasteiger partial charge in [-0.25, -0.2) is 4.79 Å². The van der Waals surface area contributed by atoms with Gasteiger partial charge in [-0.1, -0.05) is 13.8 Å². The number of nitrogens with zero attached hydrogens (tertiary/aromatic N) is 1. The molecule has 0 aromatic rings. The van der Waals surface area contributed by atoms with Crippen molar-refractivity contribution in [3.05, 3.63) is 0 Å². The quantitative estimate of drug-likeness (QED) is 0.522. The maximum atomic E-state index is 13.5. The van der Waals surface area contributed by atoms with Crippen LogP contribution in [0.25, 0.3) is 0 Å². The summed E-state index contributed by atoms with van der Waals surface area (Å²) in [6.07, 6.45) is -6.55. The van der Waals surface area contributed by atoms with E-state index < -0.39 is 64.9 Å². The van der Waals surface area contributed by atoms with Gasteiger partial charge in [0.15, 0.2) is 0 Å². The largest absolute Gasteiger partial charge is 0.461 e. The second kappa shape index (κ2) is 10.0. The molecule has 0 spiro atoms. The van der Waals surface area contributed by atoms with Crippen molar-refractivity contribution < 1.29 is 45.9 Å². The van der Waals surface area contributed by atoms with Crippen LogP contribution < -0.4 is 10.6 Å². The first-order chi connectivity index (χ1) is 15.1. The van der Waals surface area contributed by atoms with Gasteiger partial charge in [-0.15, -0.1) is 0 Å². The normalized spacial score (nSPS) is 18.5. The smallest absolute Gasteiger partial charge is 0.444 e. The van der Waals surface area contributed by atoms with E-state index in [2.05, 4.69) is 5.32 Å². The molecular weight excluding hydrogens is 469 g/mol. The maximum Gasteiger partial charge on any atom is 0.461 e. The topological polar surface area (TPSA) is 105 Å². The van der Waals surface area contributed by atoms with Crippen LogP contribution in [0.2, 0.25) is 0 Å². The highest BCUT2D eigenvalue weighted by Gasteiger charge is 2.66. The molecule has 0 bridgehead atoms. The van der Waals surface area contributed by atoms with E-state index in [1.54, 1.807) is 34.6 Å². The van der Waals surface area contributed by atoms with Crippen LogP contribution >= 0.6 is 0 Å². The zero-order chi connectivity index (χ0) is 26.9. The molecular formula is C21H32F5N3O5. The summed E-state index contributed by atoms with van der Waals surface area (Å²) >= 11 is 0. The van der Waals surface area contributed by atoms with Crippen molar-refractivity contribution in [2.75, 3.05) is 6.54 Å². The molecule has 13 heteroatoms. The molecule has 1 fully saturated rings. The van der Waals surface area contributed by atoms with Crippen LogP contribution in [-0.2, 0) is 19.1 Å². The molecule has 8 nitrogen and oxygen atoms in total. The molecule has 1 aliphatic rings. The Morgan fingerprint density at radius 1 is 0.971 bits per heavy atom. The Bertz CT molecular complexity index is 806. The van der Waals surface area contributed by atoms with Gasteiger partial charge in [-0.05, 0) is 53.4 Å². The van der Waals surface area contributed by atoms with Crippen molar-refractivity contribution in [1.82, 2.24) is 15.5 Å². The molecule has 1 saturated heterocycles. The first kappa shape index (κ1) is 29.6. The second-order valence-corrected chi connectivity index (χ2v) is 10.1. The standard InChI is InChI=1S/C21H32F5N3O5/c1-11(2)13(27-17(33)34-18(3,4)5)15(31)29-10-8-9-12(29)14(30)28-19(6,7)16(32)20(22,23)21(24,25)26/h11-13H,8-10H2,1-7H3,(H,27,33)(H,28,30)/t12-,13-/m0/s1. The number of ether oxygens (including phenoxy) is 1. The molecule has 1 heterocycles. The fourth-order valence-corrected chi connectivity index (χ4v) is 3.40. The van der Waals surface area contributed by atoms with Gasteiger partial charge in [0, 0.05) is 6.54 Å². The minimum Gasteiger partial charge on any atom is -0.444 e. The monoisotopic (exact) mass is 501 g/mol. The molecule has 1 aliphatic heterocycles. The number of hydrogen-bond acceptors (Lipinski definition) is 5. The zero-order valence-electron chi connectivity index (χ0n) is 20.2. The number of amides is 3. The number of carbonyl (C=O) groups is 4. The molecule has 196 valence electrons. The summed E-state index contributed by atoms with van der Waals surface area (Å²) in [6.45, 7) is 9.73. The molecule has 2 atom stereocenters. The minimum absolute atomic E-state index is 0.0865. The fraction of sp³-hybridized carbons (Fsp3) is 0.810. The number of alkyl carbamates (subject to hydrolysis) is 1. The van der Waals surface area contributed by atoms with E-state index in [9.17, 15) is 41.1 Å². The number of ketones is 1. The summed E-state index contributed by atoms with van der Waals surface area (Å²) in [6, 6.07) is -2.31. The molecule has 1 rings (SSSR count). The van der Waals surface area contributed by atoms with Crippen molar-refractivity contribution in [3.8, 4) is 0 Å². The molecule has 34 heavy (non-hydrogen) atoms. The molecule has 0 unspecified atom stereocenters. The van der Waals surface area contributed by atoms with Crippen LogP contribution in [0, 0.1) is 5.92 Å². The number of rotatable bonds is 7. The molecule has 3 amide bonds. The summed E-state index contributed by atoms with van der Waals surface area (Å²) in [5.74, 6) is -10.3. The van der Waals surface area contributed by atoms with E-state index in [4.69, 9.17) is 4.74 Å². The first-order valence-electron chi connectivity index (χ1n) is 10.7. The zero-order valence-corrected chi connectivity index (χ0v) is 20.2. The van der Waals surface area contributed by atoms with Crippen molar-refractivity contribution >= 4 is 23.7 Å². The Morgan fingerprint density at radius 3 is 1.94 bits per heavy atom. The lowest BCUT2D eigenvalue weighted by molar-refractivity contribution is -0.271. The lowest BCUT2D eigenvalue weighted by Gasteiger charge is -2.34. The third-order valence-electron chi connectivity index (χ3n) is 5.09. The van der Waals surface area contributed by atoms with E-state index in [0.717, 1.165) is 18.7 Å². The van der Waals surface area contributed by atoms with Gasteiger partial charge in [0.05, 0.1) is 5.54 Å².